The molecule has 0 aromatic carbocycles. The SMILES string of the molecule is CCCC1(COC)CCCN1C(=O)c1c(C)coc1CC(=O)O. The van der Waals surface area contributed by atoms with Crippen LogP contribution in [-0.4, -0.2) is 47.7 Å². The Bertz CT molecular complexity index is 572. The molecule has 1 aliphatic rings. The van der Waals surface area contributed by atoms with Crippen molar-refractivity contribution in [1.82, 2.24) is 4.90 Å². The number of carboxylic acids is 1. The normalized spacial score (nSPS) is 20.9. The zero-order valence-electron chi connectivity index (χ0n) is 14.1. The lowest BCUT2D eigenvalue weighted by atomic mass is 9.90. The van der Waals surface area contributed by atoms with Crippen LogP contribution in [-0.2, 0) is 16.0 Å². The summed E-state index contributed by atoms with van der Waals surface area (Å²) in [6, 6.07) is 0. The van der Waals surface area contributed by atoms with E-state index in [1.54, 1.807) is 14.0 Å². The van der Waals surface area contributed by atoms with Gasteiger partial charge in [0.1, 0.15) is 12.2 Å². The minimum absolute atomic E-state index is 0.143. The van der Waals surface area contributed by atoms with E-state index in [0.717, 1.165) is 25.7 Å². The molecule has 1 amide bonds. The fraction of sp³-hybridized carbons (Fsp3) is 0.647. The maximum absolute atomic E-state index is 13.1. The monoisotopic (exact) mass is 323 g/mol. The Hall–Kier alpha value is -1.82. The summed E-state index contributed by atoms with van der Waals surface area (Å²) in [5.41, 5.74) is 0.775. The molecule has 0 saturated carbocycles. The molecule has 6 heteroatoms. The number of likely N-dealkylation sites (tertiary alicyclic amines) is 1. The number of methoxy groups -OCH3 is 1. The number of hydrogen-bond donors (Lipinski definition) is 1. The molecule has 2 rings (SSSR count). The van der Waals surface area contributed by atoms with Crippen LogP contribution in [0.5, 0.6) is 0 Å². The van der Waals surface area contributed by atoms with Crippen LogP contribution in [0, 0.1) is 6.92 Å². The standard InChI is InChI=1S/C17H25NO5/c1-4-6-17(11-22-3)7-5-8-18(17)16(21)15-12(2)10-23-13(15)9-14(19)20/h10H,4-9,11H2,1-3H3,(H,19,20). The topological polar surface area (TPSA) is 80.0 Å². The largest absolute Gasteiger partial charge is 0.481 e. The number of aryl methyl sites for hydroxylation is 1. The van der Waals surface area contributed by atoms with Crippen molar-refractivity contribution in [3.63, 3.8) is 0 Å². The fourth-order valence-corrected chi connectivity index (χ4v) is 3.66. The van der Waals surface area contributed by atoms with Gasteiger partial charge in [0.05, 0.1) is 24.0 Å². The van der Waals surface area contributed by atoms with E-state index in [-0.39, 0.29) is 23.6 Å². The summed E-state index contributed by atoms with van der Waals surface area (Å²) in [5.74, 6) is -0.920. The average molecular weight is 323 g/mol. The molecule has 1 fully saturated rings. The van der Waals surface area contributed by atoms with Gasteiger partial charge in [-0.2, -0.15) is 0 Å². The smallest absolute Gasteiger partial charge is 0.311 e. The van der Waals surface area contributed by atoms with E-state index in [2.05, 4.69) is 6.92 Å². The van der Waals surface area contributed by atoms with Gasteiger partial charge in [-0.3, -0.25) is 9.59 Å². The van der Waals surface area contributed by atoms with Crippen molar-refractivity contribution in [1.29, 1.82) is 0 Å². The predicted molar refractivity (Wildman–Crippen MR) is 84.6 cm³/mol. The number of ether oxygens (including phenoxy) is 1. The molecule has 1 unspecified atom stereocenters. The highest BCUT2D eigenvalue weighted by Gasteiger charge is 2.44. The molecule has 1 atom stereocenters. The van der Waals surface area contributed by atoms with Gasteiger partial charge >= 0.3 is 5.97 Å². The maximum Gasteiger partial charge on any atom is 0.311 e. The predicted octanol–water partition coefficient (Wildman–Crippen LogP) is 2.64. The zero-order chi connectivity index (χ0) is 17.0. The van der Waals surface area contributed by atoms with E-state index in [9.17, 15) is 9.59 Å². The molecule has 1 aromatic heterocycles. The number of rotatable bonds is 7. The van der Waals surface area contributed by atoms with Crippen molar-refractivity contribution < 1.29 is 23.8 Å². The Morgan fingerprint density at radius 1 is 1.48 bits per heavy atom. The zero-order valence-corrected chi connectivity index (χ0v) is 14.1. The highest BCUT2D eigenvalue weighted by Crippen LogP contribution is 2.36. The number of furan rings is 1. The van der Waals surface area contributed by atoms with E-state index in [1.165, 1.54) is 6.26 Å². The van der Waals surface area contributed by atoms with Crippen LogP contribution >= 0.6 is 0 Å². The van der Waals surface area contributed by atoms with Gasteiger partial charge in [0.2, 0.25) is 0 Å². The summed E-state index contributed by atoms with van der Waals surface area (Å²) in [7, 11) is 1.65. The Morgan fingerprint density at radius 2 is 2.22 bits per heavy atom. The third-order valence-corrected chi connectivity index (χ3v) is 4.55. The van der Waals surface area contributed by atoms with Crippen LogP contribution in [0.15, 0.2) is 10.7 Å². The van der Waals surface area contributed by atoms with Gasteiger partial charge in [0.15, 0.2) is 0 Å². The molecule has 0 radical (unpaired) electrons. The van der Waals surface area contributed by atoms with Gasteiger partial charge in [-0.15, -0.1) is 0 Å². The Balaban J connectivity index is 2.35. The first-order chi connectivity index (χ1) is 10.9. The van der Waals surface area contributed by atoms with Crippen LogP contribution in [0.1, 0.15) is 54.3 Å². The number of carbonyl (C=O) groups is 2. The molecule has 6 nitrogen and oxygen atoms in total. The van der Waals surface area contributed by atoms with Gasteiger partial charge in [-0.1, -0.05) is 13.3 Å². The number of hydrogen-bond acceptors (Lipinski definition) is 4. The molecule has 0 aliphatic carbocycles. The molecular formula is C17H25NO5. The van der Waals surface area contributed by atoms with Crippen LogP contribution in [0.3, 0.4) is 0 Å². The molecule has 2 heterocycles. The van der Waals surface area contributed by atoms with Gasteiger partial charge in [-0.25, -0.2) is 0 Å². The summed E-state index contributed by atoms with van der Waals surface area (Å²) in [6.07, 6.45) is 4.84. The van der Waals surface area contributed by atoms with Crippen LogP contribution < -0.4 is 0 Å². The fourth-order valence-electron chi connectivity index (χ4n) is 3.66. The molecule has 1 N–H and O–H groups in total. The molecule has 1 aromatic rings. The Labute approximate surface area is 136 Å². The van der Waals surface area contributed by atoms with Crippen LogP contribution in [0.25, 0.3) is 0 Å². The van der Waals surface area contributed by atoms with Crippen molar-refractivity contribution in [2.24, 2.45) is 0 Å². The number of carboxylic acid groups (broad SMARTS) is 1. The maximum atomic E-state index is 13.1. The minimum Gasteiger partial charge on any atom is -0.481 e. The van der Waals surface area contributed by atoms with Gasteiger partial charge in [0.25, 0.3) is 5.91 Å². The Kier molecular flexibility index (Phi) is 5.46. The van der Waals surface area contributed by atoms with Crippen LogP contribution in [0.2, 0.25) is 0 Å². The first-order valence-corrected chi connectivity index (χ1v) is 8.05. The van der Waals surface area contributed by atoms with E-state index in [1.807, 2.05) is 4.90 Å². The minimum atomic E-state index is -1.01. The molecular weight excluding hydrogens is 298 g/mol. The molecule has 1 saturated heterocycles. The summed E-state index contributed by atoms with van der Waals surface area (Å²) in [4.78, 5) is 26.0. The van der Waals surface area contributed by atoms with Crippen LogP contribution in [0.4, 0.5) is 0 Å². The van der Waals surface area contributed by atoms with E-state index < -0.39 is 5.97 Å². The summed E-state index contributed by atoms with van der Waals surface area (Å²) >= 11 is 0. The van der Waals surface area contributed by atoms with Crippen molar-refractivity contribution in [3.05, 3.63) is 23.2 Å². The van der Waals surface area contributed by atoms with E-state index >= 15 is 0 Å². The Morgan fingerprint density at radius 3 is 2.83 bits per heavy atom. The van der Waals surface area contributed by atoms with Crippen molar-refractivity contribution in [3.8, 4) is 0 Å². The quantitative estimate of drug-likeness (QED) is 0.834. The van der Waals surface area contributed by atoms with Gasteiger partial charge in [0, 0.05) is 19.2 Å². The molecule has 1 aliphatic heterocycles. The van der Waals surface area contributed by atoms with Gasteiger partial charge < -0.3 is 19.2 Å². The van der Waals surface area contributed by atoms with E-state index in [4.69, 9.17) is 14.3 Å². The summed E-state index contributed by atoms with van der Waals surface area (Å²) in [6.45, 7) is 5.03. The lowest BCUT2D eigenvalue weighted by Crippen LogP contribution is -2.50. The first kappa shape index (κ1) is 17.5. The highest BCUT2D eigenvalue weighted by atomic mass is 16.5. The molecule has 23 heavy (non-hydrogen) atoms. The third kappa shape index (κ3) is 3.42. The lowest BCUT2D eigenvalue weighted by Gasteiger charge is -2.38. The van der Waals surface area contributed by atoms with Crippen molar-refractivity contribution in [2.75, 3.05) is 20.3 Å². The third-order valence-electron chi connectivity index (χ3n) is 4.55. The second-order valence-corrected chi connectivity index (χ2v) is 6.26. The average Bonchev–Trinajstić information content (AvgIpc) is 3.03. The lowest BCUT2D eigenvalue weighted by molar-refractivity contribution is -0.136. The second-order valence-electron chi connectivity index (χ2n) is 6.26. The number of nitrogens with zero attached hydrogens (tertiary/aromatic N) is 1. The number of aliphatic carboxylic acids is 1. The number of amides is 1. The summed E-state index contributed by atoms with van der Waals surface area (Å²) in [5, 5.41) is 9.01. The highest BCUT2D eigenvalue weighted by molar-refractivity contribution is 5.98. The summed E-state index contributed by atoms with van der Waals surface area (Å²) < 4.78 is 10.7. The van der Waals surface area contributed by atoms with Crippen molar-refractivity contribution in [2.45, 2.75) is 51.5 Å². The number of carbonyl (C=O) groups excluding carboxylic acids is 1. The molecule has 0 spiro atoms. The molecule has 0 bridgehead atoms. The van der Waals surface area contributed by atoms with Gasteiger partial charge in [-0.05, 0) is 26.2 Å². The van der Waals surface area contributed by atoms with Crippen molar-refractivity contribution >= 4 is 11.9 Å². The van der Waals surface area contributed by atoms with E-state index in [0.29, 0.717) is 24.3 Å². The molecule has 128 valence electrons. The first-order valence-electron chi connectivity index (χ1n) is 8.05. The second kappa shape index (κ2) is 7.17.